The molecule has 0 radical (unpaired) electrons. The molecule has 4 aromatic rings. The van der Waals surface area contributed by atoms with Crippen molar-refractivity contribution in [2.45, 2.75) is 12.7 Å². The molecule has 1 aliphatic heterocycles. The number of benzene rings is 2. The fourth-order valence-corrected chi connectivity index (χ4v) is 4.37. The first-order valence-corrected chi connectivity index (χ1v) is 11.9. The Hall–Kier alpha value is -4.54. The van der Waals surface area contributed by atoms with Crippen molar-refractivity contribution in [1.82, 2.24) is 24.3 Å². The maximum Gasteiger partial charge on any atom is 0.416 e. The lowest BCUT2D eigenvalue weighted by atomic mass is 10.1. The van der Waals surface area contributed by atoms with E-state index in [1.807, 2.05) is 30.3 Å². The van der Waals surface area contributed by atoms with Crippen molar-refractivity contribution in [1.29, 1.82) is 0 Å². The van der Waals surface area contributed by atoms with Gasteiger partial charge in [0, 0.05) is 37.9 Å². The van der Waals surface area contributed by atoms with Crippen LogP contribution in [0.3, 0.4) is 0 Å². The van der Waals surface area contributed by atoms with E-state index in [4.69, 9.17) is 0 Å². The Morgan fingerprint density at radius 3 is 2.08 bits per heavy atom. The molecule has 0 spiro atoms. The molecule has 0 atom stereocenters. The molecule has 0 saturated carbocycles. The van der Waals surface area contributed by atoms with Gasteiger partial charge < -0.3 is 9.80 Å². The molecular weight excluding hydrogens is 499 g/mol. The summed E-state index contributed by atoms with van der Waals surface area (Å²) in [6.45, 7) is 0.843. The lowest BCUT2D eigenvalue weighted by Gasteiger charge is -2.34. The van der Waals surface area contributed by atoms with Crippen LogP contribution in [0, 0.1) is 0 Å². The van der Waals surface area contributed by atoms with Gasteiger partial charge >= 0.3 is 6.18 Å². The summed E-state index contributed by atoms with van der Waals surface area (Å²) >= 11 is 0. The average Bonchev–Trinajstić information content (AvgIpc) is 2.94. The fourth-order valence-electron chi connectivity index (χ4n) is 4.37. The summed E-state index contributed by atoms with van der Waals surface area (Å²) < 4.78 is 39.9. The number of piperazine rings is 1. The number of carbonyl (C=O) groups excluding carboxylic acids is 2. The smallest absolute Gasteiger partial charge is 0.335 e. The minimum Gasteiger partial charge on any atom is -0.335 e. The molecule has 2 aromatic carbocycles. The Balaban J connectivity index is 1.34. The number of aromatic nitrogens is 3. The Morgan fingerprint density at radius 2 is 1.45 bits per heavy atom. The molecule has 2 aromatic heterocycles. The van der Waals surface area contributed by atoms with Crippen LogP contribution in [0.2, 0.25) is 0 Å². The average molecular weight is 521 g/mol. The first-order chi connectivity index (χ1) is 18.2. The largest absolute Gasteiger partial charge is 0.416 e. The zero-order valence-electron chi connectivity index (χ0n) is 20.1. The van der Waals surface area contributed by atoms with Crippen LogP contribution in [0.15, 0.2) is 77.7 Å². The topological polar surface area (TPSA) is 88.4 Å². The Labute approximate surface area is 215 Å². The molecule has 2 amide bonds. The predicted octanol–water partition coefficient (Wildman–Crippen LogP) is 3.46. The van der Waals surface area contributed by atoms with E-state index in [0.29, 0.717) is 11.2 Å². The van der Waals surface area contributed by atoms with E-state index >= 15 is 0 Å². The highest BCUT2D eigenvalue weighted by atomic mass is 19.4. The summed E-state index contributed by atoms with van der Waals surface area (Å²) in [5.74, 6) is -0.977. The molecule has 0 unspecified atom stereocenters. The van der Waals surface area contributed by atoms with Gasteiger partial charge in [0.05, 0.1) is 12.1 Å². The molecule has 3 heterocycles. The Kier molecular flexibility index (Phi) is 6.66. The molecule has 0 aliphatic carbocycles. The van der Waals surface area contributed by atoms with Gasteiger partial charge in [-0.25, -0.2) is 9.97 Å². The first kappa shape index (κ1) is 25.1. The number of hydrogen-bond acceptors (Lipinski definition) is 5. The molecule has 0 bridgehead atoms. The number of rotatable bonds is 4. The molecule has 1 saturated heterocycles. The number of hydrogen-bond donors (Lipinski definition) is 0. The second-order valence-electron chi connectivity index (χ2n) is 8.84. The number of nitrogens with zero attached hydrogens (tertiary/aromatic N) is 5. The van der Waals surface area contributed by atoms with Crippen LogP contribution in [0.25, 0.3) is 11.2 Å². The molecular formula is C27H22F3N5O3. The van der Waals surface area contributed by atoms with Crippen molar-refractivity contribution in [2.24, 2.45) is 0 Å². The molecule has 8 nitrogen and oxygen atoms in total. The van der Waals surface area contributed by atoms with Crippen molar-refractivity contribution in [2.75, 3.05) is 26.2 Å². The van der Waals surface area contributed by atoms with Crippen LogP contribution in [-0.4, -0.2) is 62.3 Å². The van der Waals surface area contributed by atoms with Gasteiger partial charge in [0.2, 0.25) is 0 Å². The van der Waals surface area contributed by atoms with E-state index in [9.17, 15) is 27.6 Å². The van der Waals surface area contributed by atoms with E-state index in [-0.39, 0.29) is 44.0 Å². The third kappa shape index (κ3) is 4.99. The van der Waals surface area contributed by atoms with Gasteiger partial charge in [-0.1, -0.05) is 30.3 Å². The third-order valence-electron chi connectivity index (χ3n) is 6.40. The van der Waals surface area contributed by atoms with Crippen molar-refractivity contribution < 1.29 is 22.8 Å². The van der Waals surface area contributed by atoms with Crippen LogP contribution in [0.1, 0.15) is 32.0 Å². The van der Waals surface area contributed by atoms with Gasteiger partial charge in [-0.05, 0) is 42.0 Å². The van der Waals surface area contributed by atoms with Gasteiger partial charge in [0.25, 0.3) is 17.4 Å². The highest BCUT2D eigenvalue weighted by molar-refractivity contribution is 5.95. The van der Waals surface area contributed by atoms with Crippen molar-refractivity contribution >= 4 is 23.0 Å². The molecule has 1 fully saturated rings. The predicted molar refractivity (Wildman–Crippen MR) is 133 cm³/mol. The minimum absolute atomic E-state index is 0.130. The minimum atomic E-state index is -4.49. The number of pyridine rings is 1. The fraction of sp³-hybridized carbons (Fsp3) is 0.222. The SMILES string of the molecule is O=C(c1ccc(C(F)(F)F)cc1)N1CCN(C(=O)c2nc3cccnc3n(Cc3ccccc3)c2=O)CC1. The van der Waals surface area contributed by atoms with Crippen LogP contribution >= 0.6 is 0 Å². The van der Waals surface area contributed by atoms with E-state index < -0.39 is 29.1 Å². The van der Waals surface area contributed by atoms with Crippen molar-refractivity contribution in [3.63, 3.8) is 0 Å². The summed E-state index contributed by atoms with van der Waals surface area (Å²) in [5, 5.41) is 0. The maximum atomic E-state index is 13.4. The first-order valence-electron chi connectivity index (χ1n) is 11.9. The van der Waals surface area contributed by atoms with Gasteiger partial charge in [-0.2, -0.15) is 13.2 Å². The summed E-state index contributed by atoms with van der Waals surface area (Å²) in [4.78, 5) is 51.1. The Morgan fingerprint density at radius 1 is 0.816 bits per heavy atom. The molecule has 1 aliphatic rings. The van der Waals surface area contributed by atoms with E-state index in [1.165, 1.54) is 14.4 Å². The van der Waals surface area contributed by atoms with Gasteiger partial charge in [0.1, 0.15) is 5.52 Å². The second kappa shape index (κ2) is 10.1. The number of carbonyl (C=O) groups is 2. The lowest BCUT2D eigenvalue weighted by molar-refractivity contribution is -0.137. The third-order valence-corrected chi connectivity index (χ3v) is 6.40. The summed E-state index contributed by atoms with van der Waals surface area (Å²) in [6, 6.07) is 16.7. The second-order valence-corrected chi connectivity index (χ2v) is 8.84. The molecule has 38 heavy (non-hydrogen) atoms. The van der Waals surface area contributed by atoms with Gasteiger partial charge in [-0.15, -0.1) is 0 Å². The van der Waals surface area contributed by atoms with Crippen LogP contribution in [0.4, 0.5) is 13.2 Å². The molecule has 0 N–H and O–H groups in total. The normalized spacial score (nSPS) is 14.1. The number of halogens is 3. The standard InChI is InChI=1S/C27H22F3N5O3/c28-27(29,30)20-10-8-19(9-11-20)24(36)33-13-15-34(16-14-33)25(37)22-26(38)35(17-18-5-2-1-3-6-18)23-21(32-22)7-4-12-31-23/h1-12H,13-17H2. The number of amides is 2. The number of fused-ring (bicyclic) bond motifs is 1. The van der Waals surface area contributed by atoms with Crippen molar-refractivity contribution in [3.05, 3.63) is 106 Å². The quantitative estimate of drug-likeness (QED) is 0.411. The van der Waals surface area contributed by atoms with Crippen molar-refractivity contribution in [3.8, 4) is 0 Å². The zero-order valence-corrected chi connectivity index (χ0v) is 20.1. The Bertz CT molecular complexity index is 1540. The van der Waals surface area contributed by atoms with Crippen LogP contribution < -0.4 is 5.56 Å². The van der Waals surface area contributed by atoms with Gasteiger partial charge in [0.15, 0.2) is 11.3 Å². The summed E-state index contributed by atoms with van der Waals surface area (Å²) in [6.07, 6.45) is -2.93. The lowest BCUT2D eigenvalue weighted by Crippen LogP contribution is -2.51. The summed E-state index contributed by atoms with van der Waals surface area (Å²) in [5.41, 5.74) is 0.136. The van der Waals surface area contributed by atoms with E-state index in [0.717, 1.165) is 29.8 Å². The summed E-state index contributed by atoms with van der Waals surface area (Å²) in [7, 11) is 0. The molecule has 194 valence electrons. The highest BCUT2D eigenvalue weighted by Gasteiger charge is 2.32. The highest BCUT2D eigenvalue weighted by Crippen LogP contribution is 2.29. The van der Waals surface area contributed by atoms with E-state index in [2.05, 4.69) is 9.97 Å². The monoisotopic (exact) mass is 521 g/mol. The molecule has 11 heteroatoms. The van der Waals surface area contributed by atoms with Crippen LogP contribution in [0.5, 0.6) is 0 Å². The maximum absolute atomic E-state index is 13.4. The number of alkyl halides is 3. The van der Waals surface area contributed by atoms with Gasteiger partial charge in [-0.3, -0.25) is 19.0 Å². The molecule has 5 rings (SSSR count). The van der Waals surface area contributed by atoms with Crippen LogP contribution in [-0.2, 0) is 12.7 Å². The zero-order chi connectivity index (χ0) is 26.9. The van der Waals surface area contributed by atoms with E-state index in [1.54, 1.807) is 18.3 Å².